The number of hydrogen-bond donors (Lipinski definition) is 0. The zero-order chi connectivity index (χ0) is 21.4. The average Bonchev–Trinajstić information content (AvgIpc) is 3.38. The van der Waals surface area contributed by atoms with E-state index < -0.39 is 0 Å². The predicted octanol–water partition coefficient (Wildman–Crippen LogP) is 3.60. The number of anilines is 1. The largest absolute Gasteiger partial charge is 0.436 e. The van der Waals surface area contributed by atoms with E-state index in [-0.39, 0.29) is 5.91 Å². The third-order valence-electron chi connectivity index (χ3n) is 7.40. The molecule has 0 radical (unpaired) electrons. The molecular formula is C25H34N4O2. The Hall–Kier alpha value is -2.34. The predicted molar refractivity (Wildman–Crippen MR) is 122 cm³/mol. The molecule has 6 nitrogen and oxygen atoms in total. The first-order valence-corrected chi connectivity index (χ1v) is 11.9. The molecule has 0 unspecified atom stereocenters. The van der Waals surface area contributed by atoms with E-state index in [1.54, 1.807) is 6.92 Å². The number of benzene rings is 1. The molecule has 6 heteroatoms. The zero-order valence-electron chi connectivity index (χ0n) is 18.9. The van der Waals surface area contributed by atoms with Crippen LogP contribution in [0.2, 0.25) is 0 Å². The van der Waals surface area contributed by atoms with Gasteiger partial charge in [-0.1, -0.05) is 18.9 Å². The van der Waals surface area contributed by atoms with E-state index in [4.69, 9.17) is 4.42 Å². The number of nitrogens with zero attached hydrogens (tertiary/aromatic N) is 4. The van der Waals surface area contributed by atoms with Crippen molar-refractivity contribution in [3.63, 3.8) is 0 Å². The van der Waals surface area contributed by atoms with Crippen LogP contribution >= 0.6 is 0 Å². The topological polar surface area (TPSA) is 52.8 Å². The molecule has 0 spiro atoms. The number of oxazole rings is 1. The first-order valence-electron chi connectivity index (χ1n) is 11.9. The second kappa shape index (κ2) is 8.65. The van der Waals surface area contributed by atoms with Crippen LogP contribution in [0.25, 0.3) is 0 Å². The Morgan fingerprint density at radius 1 is 0.968 bits per heavy atom. The Kier molecular flexibility index (Phi) is 5.74. The highest BCUT2D eigenvalue weighted by atomic mass is 16.4. The molecule has 3 heterocycles. The summed E-state index contributed by atoms with van der Waals surface area (Å²) in [6.45, 7) is 9.15. The van der Waals surface area contributed by atoms with Crippen molar-refractivity contribution in [3.8, 4) is 0 Å². The number of carbonyl (C=O) groups is 1. The monoisotopic (exact) mass is 422 g/mol. The number of hydrogen-bond acceptors (Lipinski definition) is 5. The van der Waals surface area contributed by atoms with Crippen LogP contribution in [-0.4, -0.2) is 66.0 Å². The second-order valence-electron chi connectivity index (χ2n) is 9.35. The van der Waals surface area contributed by atoms with Crippen molar-refractivity contribution in [2.45, 2.75) is 58.4 Å². The summed E-state index contributed by atoms with van der Waals surface area (Å²) >= 11 is 0. The summed E-state index contributed by atoms with van der Waals surface area (Å²) in [4.78, 5) is 24.1. The molecule has 1 aromatic heterocycles. The minimum Gasteiger partial charge on any atom is -0.436 e. The molecule has 0 atom stereocenters. The van der Waals surface area contributed by atoms with Gasteiger partial charge in [0, 0.05) is 57.9 Å². The first kappa shape index (κ1) is 20.6. The molecule has 1 saturated carbocycles. The number of carbonyl (C=O) groups excluding carboxylic acids is 1. The van der Waals surface area contributed by atoms with Gasteiger partial charge < -0.3 is 14.2 Å². The fourth-order valence-electron chi connectivity index (χ4n) is 5.60. The van der Waals surface area contributed by atoms with Crippen LogP contribution in [0.15, 0.2) is 22.6 Å². The summed E-state index contributed by atoms with van der Waals surface area (Å²) in [5, 5.41) is 0. The first-order chi connectivity index (χ1) is 15.1. The maximum atomic E-state index is 12.8. The van der Waals surface area contributed by atoms with Crippen LogP contribution in [0.3, 0.4) is 0 Å². The SMILES string of the molecule is Cc1nc(C)c(C(=O)N2CCN(c3ccc4c(c3)CCN(C3CCCC3)CC4)CC2)o1. The molecule has 0 bridgehead atoms. The highest BCUT2D eigenvalue weighted by molar-refractivity contribution is 5.92. The molecule has 2 aromatic rings. The van der Waals surface area contributed by atoms with Gasteiger partial charge in [0.2, 0.25) is 5.76 Å². The molecule has 1 aliphatic carbocycles. The number of rotatable bonds is 3. The van der Waals surface area contributed by atoms with Crippen LogP contribution in [0.4, 0.5) is 5.69 Å². The summed E-state index contributed by atoms with van der Waals surface area (Å²) in [5.74, 6) is 0.908. The molecule has 2 fully saturated rings. The molecule has 31 heavy (non-hydrogen) atoms. The fourth-order valence-corrected chi connectivity index (χ4v) is 5.60. The Morgan fingerprint density at radius 3 is 2.35 bits per heavy atom. The quantitative estimate of drug-likeness (QED) is 0.757. The molecule has 5 rings (SSSR count). The normalized spacial score (nSPS) is 20.7. The summed E-state index contributed by atoms with van der Waals surface area (Å²) in [6.07, 6.45) is 7.91. The highest BCUT2D eigenvalue weighted by Crippen LogP contribution is 2.28. The molecule has 2 aliphatic heterocycles. The van der Waals surface area contributed by atoms with Crippen molar-refractivity contribution < 1.29 is 9.21 Å². The Labute approximate surface area is 185 Å². The van der Waals surface area contributed by atoms with E-state index in [0.29, 0.717) is 30.4 Å². The number of amides is 1. The van der Waals surface area contributed by atoms with Crippen LogP contribution < -0.4 is 4.90 Å². The lowest BCUT2D eigenvalue weighted by Gasteiger charge is -2.36. The van der Waals surface area contributed by atoms with Crippen LogP contribution in [-0.2, 0) is 12.8 Å². The third kappa shape index (κ3) is 4.22. The smallest absolute Gasteiger partial charge is 0.291 e. The van der Waals surface area contributed by atoms with E-state index in [0.717, 1.165) is 25.6 Å². The molecule has 1 saturated heterocycles. The van der Waals surface area contributed by atoms with Crippen molar-refractivity contribution in [1.82, 2.24) is 14.8 Å². The van der Waals surface area contributed by atoms with Gasteiger partial charge in [-0.05, 0) is 55.9 Å². The Balaban J connectivity index is 1.22. The van der Waals surface area contributed by atoms with Gasteiger partial charge in [0.25, 0.3) is 5.91 Å². The van der Waals surface area contributed by atoms with E-state index >= 15 is 0 Å². The third-order valence-corrected chi connectivity index (χ3v) is 7.40. The van der Waals surface area contributed by atoms with Gasteiger partial charge in [-0.25, -0.2) is 4.98 Å². The molecular weight excluding hydrogens is 388 g/mol. The molecule has 3 aliphatic rings. The molecule has 1 amide bonds. The fraction of sp³-hybridized carbons (Fsp3) is 0.600. The number of fused-ring (bicyclic) bond motifs is 1. The zero-order valence-corrected chi connectivity index (χ0v) is 18.9. The van der Waals surface area contributed by atoms with Gasteiger partial charge in [-0.2, -0.15) is 0 Å². The molecule has 0 N–H and O–H groups in total. The van der Waals surface area contributed by atoms with Crippen molar-refractivity contribution in [2.75, 3.05) is 44.2 Å². The van der Waals surface area contributed by atoms with Crippen molar-refractivity contribution in [3.05, 3.63) is 46.7 Å². The lowest BCUT2D eigenvalue weighted by atomic mass is 10.0. The Morgan fingerprint density at radius 2 is 1.68 bits per heavy atom. The number of aromatic nitrogens is 1. The summed E-state index contributed by atoms with van der Waals surface area (Å²) in [5.41, 5.74) is 5.02. The van der Waals surface area contributed by atoms with E-state index in [1.165, 1.54) is 62.0 Å². The van der Waals surface area contributed by atoms with Crippen molar-refractivity contribution in [1.29, 1.82) is 0 Å². The molecule has 166 valence electrons. The summed E-state index contributed by atoms with van der Waals surface area (Å²) in [7, 11) is 0. The van der Waals surface area contributed by atoms with Gasteiger partial charge >= 0.3 is 0 Å². The maximum absolute atomic E-state index is 12.8. The van der Waals surface area contributed by atoms with Gasteiger partial charge in [0.05, 0.1) is 5.69 Å². The molecule has 1 aromatic carbocycles. The highest BCUT2D eigenvalue weighted by Gasteiger charge is 2.28. The summed E-state index contributed by atoms with van der Waals surface area (Å²) < 4.78 is 5.54. The second-order valence-corrected chi connectivity index (χ2v) is 9.35. The van der Waals surface area contributed by atoms with Gasteiger partial charge in [-0.15, -0.1) is 0 Å². The van der Waals surface area contributed by atoms with Gasteiger partial charge in [-0.3, -0.25) is 9.69 Å². The number of piperazine rings is 1. The van der Waals surface area contributed by atoms with E-state index in [1.807, 2.05) is 11.8 Å². The van der Waals surface area contributed by atoms with Crippen LogP contribution in [0.1, 0.15) is 58.9 Å². The van der Waals surface area contributed by atoms with Crippen LogP contribution in [0, 0.1) is 13.8 Å². The van der Waals surface area contributed by atoms with E-state index in [9.17, 15) is 4.79 Å². The lowest BCUT2D eigenvalue weighted by molar-refractivity contribution is 0.0712. The van der Waals surface area contributed by atoms with Crippen LogP contribution in [0.5, 0.6) is 0 Å². The number of aryl methyl sites for hydroxylation is 2. The van der Waals surface area contributed by atoms with Gasteiger partial charge in [0.1, 0.15) is 0 Å². The van der Waals surface area contributed by atoms with E-state index in [2.05, 4.69) is 33.0 Å². The minimum atomic E-state index is -0.0355. The van der Waals surface area contributed by atoms with Crippen molar-refractivity contribution in [2.24, 2.45) is 0 Å². The minimum absolute atomic E-state index is 0.0355. The average molecular weight is 423 g/mol. The lowest BCUT2D eigenvalue weighted by Crippen LogP contribution is -2.48. The maximum Gasteiger partial charge on any atom is 0.291 e. The standard InChI is InChI=1S/C25H34N4O2/c1-18-24(31-19(2)26-18)25(30)29-15-13-28(14-16-29)23-8-7-20-9-11-27(12-10-21(20)17-23)22-5-3-4-6-22/h7-8,17,22H,3-6,9-16H2,1-2H3. The van der Waals surface area contributed by atoms with Gasteiger partial charge in [0.15, 0.2) is 5.89 Å². The Bertz CT molecular complexity index is 939. The van der Waals surface area contributed by atoms with Crippen molar-refractivity contribution >= 4 is 11.6 Å². The summed E-state index contributed by atoms with van der Waals surface area (Å²) in [6, 6.07) is 7.86.